The van der Waals surface area contributed by atoms with Gasteiger partial charge in [-0.2, -0.15) is 0 Å². The molecule has 2 rings (SSSR count). The number of aliphatic hydroxyl groups excluding tert-OH is 1. The largest absolute Gasteiger partial charge is 0.504 e. The van der Waals surface area contributed by atoms with Crippen LogP contribution in [0.2, 0.25) is 0 Å². The minimum atomic E-state index is -0.456. The Balaban J connectivity index is 2.56. The van der Waals surface area contributed by atoms with Gasteiger partial charge in [0.15, 0.2) is 5.76 Å². The van der Waals surface area contributed by atoms with E-state index in [-0.39, 0.29) is 16.6 Å². The molecule has 1 aromatic rings. The van der Waals surface area contributed by atoms with Crippen LogP contribution in [0.5, 0.6) is 0 Å². The lowest BCUT2D eigenvalue weighted by molar-refractivity contribution is -0.120. The Labute approximate surface area is 99.5 Å². The maximum absolute atomic E-state index is 11.6. The molecule has 0 aliphatic heterocycles. The topological polar surface area (TPSA) is 37.3 Å². The predicted molar refractivity (Wildman–Crippen MR) is 63.9 cm³/mol. The highest BCUT2D eigenvalue weighted by Gasteiger charge is 2.41. The standard InChI is InChI=1S/C13H13ClO2/c1-6-4-7(2)9(8(3)5-6)10-11(14)13(16)12(10)15/h4-5,10,16H,1-3H3. The van der Waals surface area contributed by atoms with Crippen LogP contribution in [-0.2, 0) is 4.79 Å². The van der Waals surface area contributed by atoms with E-state index in [2.05, 4.69) is 0 Å². The zero-order valence-electron chi connectivity index (χ0n) is 9.47. The number of halogens is 1. The number of hydrogen-bond donors (Lipinski definition) is 1. The quantitative estimate of drug-likeness (QED) is 0.813. The second-order valence-electron chi connectivity index (χ2n) is 4.31. The molecule has 0 heterocycles. The lowest BCUT2D eigenvalue weighted by Gasteiger charge is -2.27. The van der Waals surface area contributed by atoms with E-state index in [1.807, 2.05) is 32.9 Å². The number of rotatable bonds is 1. The van der Waals surface area contributed by atoms with Crippen LogP contribution in [0.3, 0.4) is 0 Å². The van der Waals surface area contributed by atoms with E-state index in [1.165, 1.54) is 0 Å². The summed E-state index contributed by atoms with van der Waals surface area (Å²) in [6.07, 6.45) is 0. The fourth-order valence-corrected chi connectivity index (χ4v) is 2.63. The van der Waals surface area contributed by atoms with Crippen LogP contribution in [0.4, 0.5) is 0 Å². The van der Waals surface area contributed by atoms with Crippen LogP contribution < -0.4 is 0 Å². The van der Waals surface area contributed by atoms with Crippen LogP contribution in [0.25, 0.3) is 0 Å². The van der Waals surface area contributed by atoms with E-state index in [1.54, 1.807) is 0 Å². The van der Waals surface area contributed by atoms with E-state index in [4.69, 9.17) is 11.6 Å². The maximum Gasteiger partial charge on any atom is 0.211 e. The van der Waals surface area contributed by atoms with Gasteiger partial charge in [0.1, 0.15) is 0 Å². The van der Waals surface area contributed by atoms with Gasteiger partial charge in [-0.15, -0.1) is 0 Å². The lowest BCUT2D eigenvalue weighted by atomic mass is 9.79. The van der Waals surface area contributed by atoms with Gasteiger partial charge in [0.05, 0.1) is 11.0 Å². The van der Waals surface area contributed by atoms with Crippen molar-refractivity contribution >= 4 is 17.4 Å². The molecule has 0 radical (unpaired) electrons. The van der Waals surface area contributed by atoms with Gasteiger partial charge in [-0.1, -0.05) is 29.3 Å². The Kier molecular flexibility index (Phi) is 2.55. The molecule has 0 aromatic heterocycles. The molecule has 3 heteroatoms. The van der Waals surface area contributed by atoms with Crippen molar-refractivity contribution < 1.29 is 9.90 Å². The van der Waals surface area contributed by atoms with Crippen molar-refractivity contribution in [2.24, 2.45) is 0 Å². The zero-order chi connectivity index (χ0) is 12.0. The molecule has 1 aromatic carbocycles. The van der Waals surface area contributed by atoms with Gasteiger partial charge in [0.2, 0.25) is 5.78 Å². The van der Waals surface area contributed by atoms with E-state index in [9.17, 15) is 9.90 Å². The number of carbonyl (C=O) groups excluding carboxylic acids is 1. The minimum Gasteiger partial charge on any atom is -0.504 e. The zero-order valence-corrected chi connectivity index (χ0v) is 10.2. The summed E-state index contributed by atoms with van der Waals surface area (Å²) in [7, 11) is 0. The number of benzene rings is 1. The van der Waals surface area contributed by atoms with Crippen LogP contribution in [0.1, 0.15) is 28.2 Å². The Morgan fingerprint density at radius 2 is 1.69 bits per heavy atom. The first kappa shape index (κ1) is 11.2. The highest BCUT2D eigenvalue weighted by Crippen LogP contribution is 2.43. The molecule has 0 bridgehead atoms. The fourth-order valence-electron chi connectivity index (χ4n) is 2.33. The summed E-state index contributed by atoms with van der Waals surface area (Å²) in [5.41, 5.74) is 4.18. The van der Waals surface area contributed by atoms with Crippen molar-refractivity contribution in [1.82, 2.24) is 0 Å². The average molecular weight is 237 g/mol. The van der Waals surface area contributed by atoms with Gasteiger partial charge in [-0.3, -0.25) is 4.79 Å². The van der Waals surface area contributed by atoms with Crippen molar-refractivity contribution in [2.45, 2.75) is 26.7 Å². The van der Waals surface area contributed by atoms with Crippen LogP contribution in [0, 0.1) is 20.8 Å². The third-order valence-electron chi connectivity index (χ3n) is 3.00. The third kappa shape index (κ3) is 1.45. The second-order valence-corrected chi connectivity index (χ2v) is 4.71. The van der Waals surface area contributed by atoms with Crippen molar-refractivity contribution in [3.8, 4) is 0 Å². The van der Waals surface area contributed by atoms with Gasteiger partial charge >= 0.3 is 0 Å². The molecule has 1 aliphatic carbocycles. The minimum absolute atomic E-state index is 0.264. The fraction of sp³-hybridized carbons (Fsp3) is 0.308. The monoisotopic (exact) mass is 236 g/mol. The summed E-state index contributed by atoms with van der Waals surface area (Å²) in [5.74, 6) is -1.02. The molecule has 0 fully saturated rings. The Hall–Kier alpha value is -1.28. The molecular weight excluding hydrogens is 224 g/mol. The molecular formula is C13H13ClO2. The normalized spacial score (nSPS) is 20.0. The number of ketones is 1. The van der Waals surface area contributed by atoms with Crippen LogP contribution >= 0.6 is 11.6 Å². The van der Waals surface area contributed by atoms with Crippen molar-refractivity contribution in [3.05, 3.63) is 45.2 Å². The van der Waals surface area contributed by atoms with Gasteiger partial charge in [0, 0.05) is 0 Å². The molecule has 1 aliphatic rings. The molecule has 0 saturated carbocycles. The first-order valence-corrected chi connectivity index (χ1v) is 5.52. The van der Waals surface area contributed by atoms with Crippen molar-refractivity contribution in [1.29, 1.82) is 0 Å². The third-order valence-corrected chi connectivity index (χ3v) is 3.40. The molecule has 16 heavy (non-hydrogen) atoms. The molecule has 0 amide bonds. The lowest BCUT2D eigenvalue weighted by Crippen LogP contribution is -2.28. The van der Waals surface area contributed by atoms with E-state index < -0.39 is 5.92 Å². The smallest absolute Gasteiger partial charge is 0.211 e. The first-order chi connectivity index (χ1) is 7.43. The number of aliphatic hydroxyl groups is 1. The average Bonchev–Trinajstić information content (AvgIpc) is 2.21. The van der Waals surface area contributed by atoms with Gasteiger partial charge in [-0.05, 0) is 37.5 Å². The molecule has 0 saturated heterocycles. The molecule has 0 spiro atoms. The molecule has 84 valence electrons. The maximum atomic E-state index is 11.6. The number of aryl methyl sites for hydroxylation is 3. The SMILES string of the molecule is Cc1cc(C)c(C2C(=O)C(O)=C2Cl)c(C)c1. The molecule has 1 unspecified atom stereocenters. The van der Waals surface area contributed by atoms with Crippen LogP contribution in [0.15, 0.2) is 22.9 Å². The van der Waals surface area contributed by atoms with Gasteiger partial charge in [-0.25, -0.2) is 0 Å². The highest BCUT2D eigenvalue weighted by molar-refractivity contribution is 6.39. The van der Waals surface area contributed by atoms with E-state index in [0.29, 0.717) is 0 Å². The van der Waals surface area contributed by atoms with Crippen molar-refractivity contribution in [3.63, 3.8) is 0 Å². The van der Waals surface area contributed by atoms with Crippen LogP contribution in [-0.4, -0.2) is 10.9 Å². The molecule has 1 N–H and O–H groups in total. The Bertz CT molecular complexity index is 492. The van der Waals surface area contributed by atoms with Crippen molar-refractivity contribution in [2.75, 3.05) is 0 Å². The number of hydrogen-bond acceptors (Lipinski definition) is 2. The summed E-state index contributed by atoms with van der Waals surface area (Å²) in [4.78, 5) is 11.6. The van der Waals surface area contributed by atoms with E-state index >= 15 is 0 Å². The summed E-state index contributed by atoms with van der Waals surface area (Å²) in [6, 6.07) is 4.05. The summed E-state index contributed by atoms with van der Waals surface area (Å²) < 4.78 is 0. The second kappa shape index (κ2) is 3.63. The highest BCUT2D eigenvalue weighted by atomic mass is 35.5. The predicted octanol–water partition coefficient (Wildman–Crippen LogP) is 3.29. The number of Topliss-reactive ketones (excluding diaryl/α,β-unsaturated/α-hetero) is 1. The summed E-state index contributed by atoms with van der Waals surface area (Å²) >= 11 is 5.89. The first-order valence-electron chi connectivity index (χ1n) is 5.14. The number of allylic oxidation sites excluding steroid dienone is 2. The summed E-state index contributed by atoms with van der Waals surface area (Å²) in [5, 5.41) is 9.52. The summed E-state index contributed by atoms with van der Waals surface area (Å²) in [6.45, 7) is 5.94. The van der Waals surface area contributed by atoms with E-state index in [0.717, 1.165) is 22.3 Å². The number of carbonyl (C=O) groups is 1. The van der Waals surface area contributed by atoms with Gasteiger partial charge < -0.3 is 5.11 Å². The molecule has 2 nitrogen and oxygen atoms in total. The molecule has 1 atom stereocenters. The van der Waals surface area contributed by atoms with Gasteiger partial charge in [0.25, 0.3) is 0 Å². The Morgan fingerprint density at radius 1 is 1.19 bits per heavy atom. The Morgan fingerprint density at radius 3 is 2.12 bits per heavy atom.